The van der Waals surface area contributed by atoms with Gasteiger partial charge in [-0.2, -0.15) is 0 Å². The maximum atomic E-state index is 3.71. The first-order valence-electron chi connectivity index (χ1n) is 7.89. The number of fused-ring (bicyclic) bond motifs is 1. The van der Waals surface area contributed by atoms with E-state index in [9.17, 15) is 0 Å². The Hall–Kier alpha value is -0.980. The van der Waals surface area contributed by atoms with Crippen LogP contribution >= 0.6 is 0 Å². The molecule has 3 rings (SSSR count). The van der Waals surface area contributed by atoms with Gasteiger partial charge in [-0.15, -0.1) is 0 Å². The zero-order chi connectivity index (χ0) is 13.7. The van der Waals surface area contributed by atoms with E-state index in [-0.39, 0.29) is 0 Å². The molecule has 1 N–H and O–H groups in total. The van der Waals surface area contributed by atoms with E-state index in [1.165, 1.54) is 17.7 Å². The van der Waals surface area contributed by atoms with Gasteiger partial charge in [-0.3, -0.25) is 0 Å². The third kappa shape index (κ3) is 1.89. The summed E-state index contributed by atoms with van der Waals surface area (Å²) < 4.78 is 0. The molecule has 0 saturated heterocycles. The topological polar surface area (TPSA) is 12.0 Å². The number of para-hydroxylation sites is 1. The Bertz CT molecular complexity index is 465. The van der Waals surface area contributed by atoms with Crippen LogP contribution in [0.4, 0.5) is 5.69 Å². The first-order valence-corrected chi connectivity index (χ1v) is 7.89. The van der Waals surface area contributed by atoms with Crippen LogP contribution in [0.25, 0.3) is 0 Å². The highest BCUT2D eigenvalue weighted by molar-refractivity contribution is 5.63. The lowest BCUT2D eigenvalue weighted by Crippen LogP contribution is -2.14. The minimum atomic E-state index is 0.595. The van der Waals surface area contributed by atoms with Crippen molar-refractivity contribution in [3.63, 3.8) is 0 Å². The summed E-state index contributed by atoms with van der Waals surface area (Å²) in [6, 6.07) is 7.53. The quantitative estimate of drug-likeness (QED) is 0.770. The summed E-state index contributed by atoms with van der Waals surface area (Å²) in [6.07, 6.45) is 1.18. The molecule has 1 aliphatic heterocycles. The highest BCUT2D eigenvalue weighted by Crippen LogP contribution is 2.53. The normalized spacial score (nSPS) is 41.1. The fraction of sp³-hybridized carbons (Fsp3) is 0.667. The van der Waals surface area contributed by atoms with Crippen molar-refractivity contribution in [1.82, 2.24) is 0 Å². The van der Waals surface area contributed by atoms with Crippen LogP contribution in [0.3, 0.4) is 0 Å². The monoisotopic (exact) mass is 257 g/mol. The van der Waals surface area contributed by atoms with Gasteiger partial charge in [0.25, 0.3) is 0 Å². The summed E-state index contributed by atoms with van der Waals surface area (Å²) in [7, 11) is 0. The van der Waals surface area contributed by atoms with Crippen LogP contribution < -0.4 is 5.32 Å². The van der Waals surface area contributed by atoms with Gasteiger partial charge in [0.15, 0.2) is 0 Å². The van der Waals surface area contributed by atoms with Gasteiger partial charge in [-0.1, -0.05) is 45.9 Å². The van der Waals surface area contributed by atoms with E-state index in [2.05, 4.69) is 58.1 Å². The van der Waals surface area contributed by atoms with Crippen molar-refractivity contribution in [2.45, 2.75) is 53.0 Å². The molecule has 19 heavy (non-hydrogen) atoms. The molecule has 1 saturated carbocycles. The van der Waals surface area contributed by atoms with E-state index >= 15 is 0 Å². The van der Waals surface area contributed by atoms with Gasteiger partial charge < -0.3 is 5.32 Å². The number of benzene rings is 1. The van der Waals surface area contributed by atoms with Crippen molar-refractivity contribution >= 4 is 5.69 Å². The SMILES string of the molecule is CC1Cc2cccc(C3C(C)C(C)C(C)C3C)c2N1. The minimum Gasteiger partial charge on any atom is -0.382 e. The second-order valence-electron chi connectivity index (χ2n) is 7.09. The van der Waals surface area contributed by atoms with Gasteiger partial charge in [0, 0.05) is 11.7 Å². The Morgan fingerprint density at radius 2 is 1.53 bits per heavy atom. The largest absolute Gasteiger partial charge is 0.382 e. The van der Waals surface area contributed by atoms with Crippen LogP contribution in [-0.2, 0) is 6.42 Å². The predicted octanol–water partition coefficient (Wildman–Crippen LogP) is 4.68. The third-order valence-corrected chi connectivity index (χ3v) is 6.08. The summed E-state index contributed by atoms with van der Waals surface area (Å²) in [4.78, 5) is 0. The van der Waals surface area contributed by atoms with Gasteiger partial charge in [0.05, 0.1) is 0 Å². The molecule has 2 aliphatic rings. The Morgan fingerprint density at radius 3 is 2.16 bits per heavy atom. The maximum Gasteiger partial charge on any atom is 0.0411 e. The minimum absolute atomic E-state index is 0.595. The van der Waals surface area contributed by atoms with E-state index in [0.29, 0.717) is 6.04 Å². The van der Waals surface area contributed by atoms with Crippen LogP contribution in [-0.4, -0.2) is 6.04 Å². The fourth-order valence-electron chi connectivity index (χ4n) is 4.53. The molecule has 0 spiro atoms. The van der Waals surface area contributed by atoms with Crippen molar-refractivity contribution < 1.29 is 0 Å². The molecule has 1 nitrogen and oxygen atoms in total. The maximum absolute atomic E-state index is 3.71. The molecule has 1 heterocycles. The number of nitrogens with one attached hydrogen (secondary N) is 1. The first kappa shape index (κ1) is 13.0. The zero-order valence-corrected chi connectivity index (χ0v) is 12.9. The van der Waals surface area contributed by atoms with Crippen molar-refractivity contribution in [2.75, 3.05) is 5.32 Å². The fourth-order valence-corrected chi connectivity index (χ4v) is 4.53. The second-order valence-corrected chi connectivity index (χ2v) is 7.09. The molecule has 5 unspecified atom stereocenters. The molecule has 1 aromatic rings. The number of anilines is 1. The lowest BCUT2D eigenvalue weighted by Gasteiger charge is -2.24. The molecule has 0 radical (unpaired) electrons. The molecule has 1 aliphatic carbocycles. The Labute approximate surface area is 117 Å². The van der Waals surface area contributed by atoms with Gasteiger partial charge in [-0.05, 0) is 54.1 Å². The summed E-state index contributed by atoms with van der Waals surface area (Å²) in [5.74, 6) is 3.95. The molecular weight excluding hydrogens is 230 g/mol. The molecule has 104 valence electrons. The first-order chi connectivity index (χ1) is 9.00. The molecule has 0 aromatic heterocycles. The van der Waals surface area contributed by atoms with Crippen molar-refractivity contribution in [2.24, 2.45) is 23.7 Å². The number of rotatable bonds is 1. The molecule has 0 bridgehead atoms. The molecule has 1 fully saturated rings. The molecular formula is C18H27N. The average molecular weight is 257 g/mol. The molecule has 0 amide bonds. The Kier molecular flexibility index (Phi) is 3.11. The van der Waals surface area contributed by atoms with Crippen molar-refractivity contribution in [3.05, 3.63) is 29.3 Å². The number of hydrogen-bond donors (Lipinski definition) is 1. The van der Waals surface area contributed by atoms with Crippen molar-refractivity contribution in [3.8, 4) is 0 Å². The lowest BCUT2D eigenvalue weighted by atomic mass is 9.82. The van der Waals surface area contributed by atoms with Crippen LogP contribution in [0.5, 0.6) is 0 Å². The van der Waals surface area contributed by atoms with Gasteiger partial charge in [0.2, 0.25) is 0 Å². The summed E-state index contributed by atoms with van der Waals surface area (Å²) in [5.41, 5.74) is 4.56. The van der Waals surface area contributed by atoms with E-state index in [0.717, 1.165) is 29.6 Å². The summed E-state index contributed by atoms with van der Waals surface area (Å²) in [5, 5.41) is 3.71. The van der Waals surface area contributed by atoms with Crippen LogP contribution in [0.1, 0.15) is 51.7 Å². The third-order valence-electron chi connectivity index (χ3n) is 6.08. The Morgan fingerprint density at radius 1 is 0.895 bits per heavy atom. The molecule has 1 heteroatoms. The average Bonchev–Trinajstić information content (AvgIpc) is 2.84. The molecule has 1 aromatic carbocycles. The summed E-state index contributed by atoms with van der Waals surface area (Å²) >= 11 is 0. The highest BCUT2D eigenvalue weighted by atomic mass is 14.9. The van der Waals surface area contributed by atoms with E-state index in [1.54, 1.807) is 5.56 Å². The number of hydrogen-bond acceptors (Lipinski definition) is 1. The van der Waals surface area contributed by atoms with Gasteiger partial charge in [-0.25, -0.2) is 0 Å². The zero-order valence-electron chi connectivity index (χ0n) is 12.9. The van der Waals surface area contributed by atoms with Gasteiger partial charge in [0.1, 0.15) is 0 Å². The van der Waals surface area contributed by atoms with Crippen LogP contribution in [0.2, 0.25) is 0 Å². The molecule has 5 atom stereocenters. The second kappa shape index (κ2) is 4.54. The predicted molar refractivity (Wildman–Crippen MR) is 82.6 cm³/mol. The van der Waals surface area contributed by atoms with Crippen LogP contribution in [0, 0.1) is 23.7 Å². The smallest absolute Gasteiger partial charge is 0.0411 e. The standard InChI is InChI=1S/C18H27N/c1-10-9-15-7-6-8-16(18(15)19-10)17-13(4)11(2)12(3)14(17)5/h6-8,10-14,17,19H,9H2,1-5H3. The van der Waals surface area contributed by atoms with Crippen LogP contribution in [0.15, 0.2) is 18.2 Å². The summed E-state index contributed by atoms with van der Waals surface area (Å²) in [6.45, 7) is 12.1. The highest BCUT2D eigenvalue weighted by Gasteiger charge is 2.43. The van der Waals surface area contributed by atoms with Gasteiger partial charge >= 0.3 is 0 Å². The Balaban J connectivity index is 2.02. The van der Waals surface area contributed by atoms with Crippen molar-refractivity contribution in [1.29, 1.82) is 0 Å². The van der Waals surface area contributed by atoms with E-state index in [4.69, 9.17) is 0 Å². The van der Waals surface area contributed by atoms with E-state index < -0.39 is 0 Å². The lowest BCUT2D eigenvalue weighted by molar-refractivity contribution is 0.352. The van der Waals surface area contributed by atoms with E-state index in [1.807, 2.05) is 0 Å².